The number of carboxylic acid groups (broad SMARTS) is 1. The highest BCUT2D eigenvalue weighted by atomic mass is 16.4. The van der Waals surface area contributed by atoms with E-state index < -0.39 is 24.5 Å². The Hall–Kier alpha value is -1.79. The van der Waals surface area contributed by atoms with Crippen LogP contribution in [-0.4, -0.2) is 58.5 Å². The summed E-state index contributed by atoms with van der Waals surface area (Å²) in [4.78, 5) is 36.0. The lowest BCUT2D eigenvalue weighted by Gasteiger charge is -2.28. The largest absolute Gasteiger partial charge is 0.480 e. The van der Waals surface area contributed by atoms with Gasteiger partial charge < -0.3 is 20.6 Å². The van der Waals surface area contributed by atoms with Gasteiger partial charge in [-0.15, -0.1) is 0 Å². The van der Waals surface area contributed by atoms with E-state index in [2.05, 4.69) is 0 Å². The van der Waals surface area contributed by atoms with Gasteiger partial charge in [0.2, 0.25) is 5.91 Å². The molecule has 0 spiro atoms. The first-order valence-electron chi connectivity index (χ1n) is 5.51. The standard InChI is InChI=1S/C10H17N3O4/c1-2-13(7-3-4-7)10(17)12(5-8(11)14)6-9(15)16/h7H,2-6H2,1H3,(H2,11,14)(H,15,16). The van der Waals surface area contributed by atoms with Crippen molar-refractivity contribution in [3.05, 3.63) is 0 Å². The third-order valence-electron chi connectivity index (χ3n) is 2.52. The smallest absolute Gasteiger partial charge is 0.323 e. The third kappa shape index (κ3) is 3.93. The van der Waals surface area contributed by atoms with Crippen molar-refractivity contribution in [1.29, 1.82) is 0 Å². The highest BCUT2D eigenvalue weighted by Crippen LogP contribution is 2.27. The summed E-state index contributed by atoms with van der Waals surface area (Å²) in [5.74, 6) is -1.88. The van der Waals surface area contributed by atoms with E-state index in [9.17, 15) is 14.4 Å². The normalized spacial score (nSPS) is 14.2. The predicted octanol–water partition coefficient (Wildman–Crippen LogP) is -0.537. The van der Waals surface area contributed by atoms with Crippen LogP contribution in [0.3, 0.4) is 0 Å². The zero-order chi connectivity index (χ0) is 13.0. The van der Waals surface area contributed by atoms with E-state index in [0.29, 0.717) is 6.54 Å². The Morgan fingerprint density at radius 1 is 1.29 bits per heavy atom. The van der Waals surface area contributed by atoms with E-state index in [0.717, 1.165) is 17.7 Å². The van der Waals surface area contributed by atoms with Gasteiger partial charge in [-0.2, -0.15) is 0 Å². The molecule has 7 heteroatoms. The van der Waals surface area contributed by atoms with Crippen LogP contribution in [0.25, 0.3) is 0 Å². The number of nitrogens with zero attached hydrogens (tertiary/aromatic N) is 2. The van der Waals surface area contributed by atoms with Crippen molar-refractivity contribution in [2.24, 2.45) is 5.73 Å². The highest BCUT2D eigenvalue weighted by Gasteiger charge is 2.34. The molecule has 1 fully saturated rings. The van der Waals surface area contributed by atoms with Crippen molar-refractivity contribution in [2.45, 2.75) is 25.8 Å². The molecular weight excluding hydrogens is 226 g/mol. The average molecular weight is 243 g/mol. The number of hydrogen-bond acceptors (Lipinski definition) is 3. The minimum absolute atomic E-state index is 0.177. The fourth-order valence-electron chi connectivity index (χ4n) is 1.66. The Balaban J connectivity index is 2.68. The van der Waals surface area contributed by atoms with Crippen LogP contribution in [0.15, 0.2) is 0 Å². The molecule has 96 valence electrons. The number of amides is 3. The molecule has 1 rings (SSSR count). The van der Waals surface area contributed by atoms with Gasteiger partial charge in [-0.25, -0.2) is 4.79 Å². The summed E-state index contributed by atoms with van der Waals surface area (Å²) < 4.78 is 0. The second-order valence-corrected chi connectivity index (χ2v) is 4.02. The molecule has 0 heterocycles. The first-order valence-corrected chi connectivity index (χ1v) is 5.51. The van der Waals surface area contributed by atoms with Gasteiger partial charge in [0.15, 0.2) is 0 Å². The van der Waals surface area contributed by atoms with Gasteiger partial charge in [-0.05, 0) is 19.8 Å². The summed E-state index contributed by atoms with van der Waals surface area (Å²) in [6.45, 7) is 1.44. The molecule has 17 heavy (non-hydrogen) atoms. The maximum atomic E-state index is 12.0. The van der Waals surface area contributed by atoms with E-state index in [1.807, 2.05) is 6.92 Å². The quantitative estimate of drug-likeness (QED) is 0.653. The molecule has 0 atom stereocenters. The molecule has 3 amide bonds. The Labute approximate surface area is 99.2 Å². The number of nitrogens with two attached hydrogens (primary N) is 1. The van der Waals surface area contributed by atoms with E-state index in [4.69, 9.17) is 10.8 Å². The molecule has 3 N–H and O–H groups in total. The zero-order valence-corrected chi connectivity index (χ0v) is 9.76. The van der Waals surface area contributed by atoms with E-state index >= 15 is 0 Å². The molecule has 0 bridgehead atoms. The number of carbonyl (C=O) groups excluding carboxylic acids is 2. The van der Waals surface area contributed by atoms with Crippen molar-refractivity contribution in [3.8, 4) is 0 Å². The molecule has 7 nitrogen and oxygen atoms in total. The van der Waals surface area contributed by atoms with E-state index in [-0.39, 0.29) is 12.6 Å². The molecular formula is C10H17N3O4. The highest BCUT2D eigenvalue weighted by molar-refractivity contribution is 5.86. The number of carboxylic acids is 1. The summed E-state index contributed by atoms with van der Waals surface area (Å²) in [6.07, 6.45) is 1.86. The molecule has 0 aromatic carbocycles. The number of carbonyl (C=O) groups is 3. The van der Waals surface area contributed by atoms with Crippen LogP contribution in [0.2, 0.25) is 0 Å². The molecule has 1 aliphatic rings. The van der Waals surface area contributed by atoms with Crippen LogP contribution < -0.4 is 5.73 Å². The fourth-order valence-corrected chi connectivity index (χ4v) is 1.66. The van der Waals surface area contributed by atoms with Crippen LogP contribution in [0.4, 0.5) is 4.79 Å². The summed E-state index contributed by atoms with van der Waals surface area (Å²) in [7, 11) is 0. The number of rotatable bonds is 6. The molecule has 0 aliphatic heterocycles. The first-order chi connectivity index (χ1) is 7.95. The van der Waals surface area contributed by atoms with Crippen LogP contribution in [-0.2, 0) is 9.59 Å². The SMILES string of the molecule is CCN(C(=O)N(CC(N)=O)CC(=O)O)C1CC1. The van der Waals surface area contributed by atoms with Gasteiger partial charge in [0.25, 0.3) is 0 Å². The second-order valence-electron chi connectivity index (χ2n) is 4.02. The van der Waals surface area contributed by atoms with Crippen LogP contribution in [0.1, 0.15) is 19.8 Å². The molecule has 0 aromatic heterocycles. The predicted molar refractivity (Wildman–Crippen MR) is 59.2 cm³/mol. The molecule has 1 saturated carbocycles. The minimum atomic E-state index is -1.16. The summed E-state index contributed by atoms with van der Waals surface area (Å²) in [5.41, 5.74) is 5.00. The van der Waals surface area contributed by atoms with E-state index in [1.54, 1.807) is 4.90 Å². The fraction of sp³-hybridized carbons (Fsp3) is 0.700. The monoisotopic (exact) mass is 243 g/mol. The minimum Gasteiger partial charge on any atom is -0.480 e. The maximum absolute atomic E-state index is 12.0. The van der Waals surface area contributed by atoms with Crippen molar-refractivity contribution >= 4 is 17.9 Å². The first kappa shape index (κ1) is 13.3. The molecule has 0 aromatic rings. The molecule has 0 radical (unpaired) electrons. The Morgan fingerprint density at radius 3 is 2.24 bits per heavy atom. The van der Waals surface area contributed by atoms with Crippen molar-refractivity contribution in [1.82, 2.24) is 9.80 Å². The lowest BCUT2D eigenvalue weighted by molar-refractivity contribution is -0.138. The Morgan fingerprint density at radius 2 is 1.88 bits per heavy atom. The molecule has 1 aliphatic carbocycles. The zero-order valence-electron chi connectivity index (χ0n) is 9.76. The number of primary amides is 1. The van der Waals surface area contributed by atoms with Crippen molar-refractivity contribution < 1.29 is 19.5 Å². The van der Waals surface area contributed by atoms with Gasteiger partial charge in [0.1, 0.15) is 13.1 Å². The van der Waals surface area contributed by atoms with Crippen LogP contribution >= 0.6 is 0 Å². The summed E-state index contributed by atoms with van der Waals surface area (Å²) >= 11 is 0. The van der Waals surface area contributed by atoms with Gasteiger partial charge >= 0.3 is 12.0 Å². The van der Waals surface area contributed by atoms with Crippen molar-refractivity contribution in [3.63, 3.8) is 0 Å². The Bertz CT molecular complexity index is 312. The van der Waals surface area contributed by atoms with Crippen molar-refractivity contribution in [2.75, 3.05) is 19.6 Å². The van der Waals surface area contributed by atoms with E-state index in [1.165, 1.54) is 0 Å². The second kappa shape index (κ2) is 5.51. The lowest BCUT2D eigenvalue weighted by atomic mass is 10.4. The summed E-state index contributed by atoms with van der Waals surface area (Å²) in [5, 5.41) is 8.69. The third-order valence-corrected chi connectivity index (χ3v) is 2.52. The summed E-state index contributed by atoms with van der Waals surface area (Å²) in [6, 6.07) is -0.257. The Kier molecular flexibility index (Phi) is 4.30. The van der Waals surface area contributed by atoms with Gasteiger partial charge in [0.05, 0.1) is 0 Å². The van der Waals surface area contributed by atoms with Crippen LogP contribution in [0.5, 0.6) is 0 Å². The molecule has 0 unspecified atom stereocenters. The topological polar surface area (TPSA) is 104 Å². The van der Waals surface area contributed by atoms with Gasteiger partial charge in [0, 0.05) is 12.6 Å². The average Bonchev–Trinajstić information content (AvgIpc) is 3.00. The maximum Gasteiger partial charge on any atom is 0.323 e. The number of hydrogen-bond donors (Lipinski definition) is 2. The number of urea groups is 1. The number of aliphatic carboxylic acids is 1. The molecule has 0 saturated heterocycles. The van der Waals surface area contributed by atoms with Crippen LogP contribution in [0, 0.1) is 0 Å². The van der Waals surface area contributed by atoms with Gasteiger partial charge in [-0.3, -0.25) is 9.59 Å². The van der Waals surface area contributed by atoms with Gasteiger partial charge in [-0.1, -0.05) is 0 Å². The lowest BCUT2D eigenvalue weighted by Crippen LogP contribution is -2.49.